The molecule has 1 aromatic rings. The van der Waals surface area contributed by atoms with E-state index >= 15 is 0 Å². The summed E-state index contributed by atoms with van der Waals surface area (Å²) >= 11 is 0. The minimum atomic E-state index is 0.488. The third-order valence-electron chi connectivity index (χ3n) is 1.32. The normalized spacial score (nSPS) is 12.5. The zero-order valence-electron chi connectivity index (χ0n) is 6.33. The molecule has 0 spiro atoms. The average Bonchev–Trinajstić information content (AvgIpc) is 2.40. The first-order valence-electron chi connectivity index (χ1n) is 3.10. The second kappa shape index (κ2) is 3.05. The highest BCUT2D eigenvalue weighted by molar-refractivity contribution is 5.47. The van der Waals surface area contributed by atoms with Gasteiger partial charge in [0.1, 0.15) is 5.76 Å². The highest BCUT2D eigenvalue weighted by Crippen LogP contribution is 1.90. The lowest BCUT2D eigenvalue weighted by Gasteiger charge is -1.94. The first-order chi connectivity index (χ1) is 5.29. The van der Waals surface area contributed by atoms with Crippen LogP contribution in [0.25, 0.3) is 12.3 Å². The maximum Gasteiger partial charge on any atom is 0.163 e. The Kier molecular flexibility index (Phi) is 2.11. The van der Waals surface area contributed by atoms with Crippen LogP contribution in [0.2, 0.25) is 0 Å². The Morgan fingerprint density at radius 1 is 1.82 bits per heavy atom. The van der Waals surface area contributed by atoms with E-state index < -0.39 is 0 Å². The number of hydrogen-bond donors (Lipinski definition) is 0. The summed E-state index contributed by atoms with van der Waals surface area (Å²) in [6.45, 7) is 7.19. The number of hydrogen-bond acceptors (Lipinski definition) is 3. The SMILES string of the molecule is C=C/C(OC)=c1/cnoc1=C. The number of aromatic nitrogens is 1. The molecule has 3 heteroatoms. The molecule has 1 rings (SSSR count). The molecule has 0 amide bonds. The fourth-order valence-electron chi connectivity index (χ4n) is 0.768. The summed E-state index contributed by atoms with van der Waals surface area (Å²) in [5.74, 6) is 0.622. The van der Waals surface area contributed by atoms with Crippen molar-refractivity contribution in [2.24, 2.45) is 0 Å². The van der Waals surface area contributed by atoms with Crippen molar-refractivity contribution >= 4 is 12.3 Å². The van der Waals surface area contributed by atoms with E-state index in [-0.39, 0.29) is 0 Å². The van der Waals surface area contributed by atoms with Gasteiger partial charge in [0.25, 0.3) is 0 Å². The van der Waals surface area contributed by atoms with Crippen molar-refractivity contribution in [2.75, 3.05) is 7.11 Å². The lowest BCUT2D eigenvalue weighted by Crippen LogP contribution is -2.20. The van der Waals surface area contributed by atoms with Crippen molar-refractivity contribution in [1.82, 2.24) is 5.16 Å². The van der Waals surface area contributed by atoms with E-state index in [1.54, 1.807) is 19.4 Å². The van der Waals surface area contributed by atoms with Crippen LogP contribution in [0.3, 0.4) is 0 Å². The summed E-state index contributed by atoms with van der Waals surface area (Å²) in [5.41, 5.74) is 0.488. The summed E-state index contributed by atoms with van der Waals surface area (Å²) in [6.07, 6.45) is 3.13. The molecule has 0 unspecified atom stereocenters. The van der Waals surface area contributed by atoms with Gasteiger partial charge >= 0.3 is 0 Å². The average molecular weight is 151 g/mol. The molecule has 0 fully saturated rings. The molecule has 0 saturated carbocycles. The summed E-state index contributed by atoms with van der Waals surface area (Å²) in [4.78, 5) is 0. The molecule has 1 heterocycles. The van der Waals surface area contributed by atoms with E-state index in [0.29, 0.717) is 11.2 Å². The Morgan fingerprint density at radius 3 is 2.91 bits per heavy atom. The van der Waals surface area contributed by atoms with E-state index in [9.17, 15) is 0 Å². The van der Waals surface area contributed by atoms with Crippen LogP contribution >= 0.6 is 0 Å². The summed E-state index contributed by atoms with van der Waals surface area (Å²) in [7, 11) is 1.56. The Balaban J connectivity index is 3.46. The molecular weight excluding hydrogens is 142 g/mol. The molecule has 58 valence electrons. The van der Waals surface area contributed by atoms with Gasteiger partial charge in [0, 0.05) is 0 Å². The predicted molar refractivity (Wildman–Crippen MR) is 41.9 cm³/mol. The van der Waals surface area contributed by atoms with Gasteiger partial charge in [0.05, 0.1) is 18.5 Å². The molecular formula is C8H9NO2. The Labute approximate surface area is 64.3 Å². The summed E-state index contributed by atoms with van der Waals surface area (Å²) < 4.78 is 9.72. The largest absolute Gasteiger partial charge is 0.496 e. The lowest BCUT2D eigenvalue weighted by atomic mass is 10.4. The third kappa shape index (κ3) is 1.32. The van der Waals surface area contributed by atoms with Crippen LogP contribution in [0, 0.1) is 0 Å². The van der Waals surface area contributed by atoms with Gasteiger partial charge in [-0.2, -0.15) is 0 Å². The topological polar surface area (TPSA) is 35.3 Å². The minimum absolute atomic E-state index is 0.488. The first kappa shape index (κ1) is 7.60. The van der Waals surface area contributed by atoms with Crippen LogP contribution in [-0.2, 0) is 4.74 Å². The van der Waals surface area contributed by atoms with Crippen molar-refractivity contribution in [3.05, 3.63) is 29.5 Å². The van der Waals surface area contributed by atoms with Gasteiger partial charge in [-0.15, -0.1) is 0 Å². The highest BCUT2D eigenvalue weighted by atomic mass is 16.5. The molecule has 0 aliphatic rings. The Hall–Kier alpha value is -1.51. The van der Waals surface area contributed by atoms with E-state index in [4.69, 9.17) is 9.26 Å². The van der Waals surface area contributed by atoms with Crippen LogP contribution in [0.15, 0.2) is 23.4 Å². The molecule has 0 N–H and O–H groups in total. The van der Waals surface area contributed by atoms with Crippen LogP contribution in [0.4, 0.5) is 0 Å². The van der Waals surface area contributed by atoms with Gasteiger partial charge in [-0.1, -0.05) is 18.3 Å². The number of ether oxygens (including phenoxy) is 1. The molecule has 11 heavy (non-hydrogen) atoms. The predicted octanol–water partition coefficient (Wildman–Crippen LogP) is 0.0255. The monoisotopic (exact) mass is 151 g/mol. The minimum Gasteiger partial charge on any atom is -0.496 e. The molecule has 0 aliphatic carbocycles. The fourth-order valence-corrected chi connectivity index (χ4v) is 0.768. The second-order valence-electron chi connectivity index (χ2n) is 1.94. The number of rotatable bonds is 2. The van der Waals surface area contributed by atoms with Crippen molar-refractivity contribution in [1.29, 1.82) is 0 Å². The van der Waals surface area contributed by atoms with E-state index in [1.807, 2.05) is 0 Å². The number of methoxy groups -OCH3 is 1. The molecule has 0 radical (unpaired) electrons. The van der Waals surface area contributed by atoms with Crippen molar-refractivity contribution in [3.63, 3.8) is 0 Å². The van der Waals surface area contributed by atoms with Gasteiger partial charge in [0.15, 0.2) is 5.42 Å². The fraction of sp³-hybridized carbons (Fsp3) is 0.125. The summed E-state index contributed by atoms with van der Waals surface area (Å²) in [5, 5.41) is 4.29. The third-order valence-corrected chi connectivity index (χ3v) is 1.32. The van der Waals surface area contributed by atoms with Crippen molar-refractivity contribution < 1.29 is 9.26 Å². The lowest BCUT2D eigenvalue weighted by molar-refractivity contribution is 0.367. The van der Waals surface area contributed by atoms with Gasteiger partial charge in [-0.3, -0.25) is 0 Å². The maximum absolute atomic E-state index is 4.98. The molecule has 1 aromatic heterocycles. The standard InChI is InChI=1S/C8H9NO2/c1-4-8(10-3)7-5-9-11-6(7)2/h4-5H,1-2H2,3H3/b8-7+. The van der Waals surface area contributed by atoms with E-state index in [2.05, 4.69) is 18.3 Å². The van der Waals surface area contributed by atoms with Crippen LogP contribution in [0.5, 0.6) is 0 Å². The van der Waals surface area contributed by atoms with Gasteiger partial charge in [-0.25, -0.2) is 0 Å². The van der Waals surface area contributed by atoms with E-state index in [0.717, 1.165) is 5.22 Å². The zero-order chi connectivity index (χ0) is 8.27. The molecule has 0 saturated heterocycles. The van der Waals surface area contributed by atoms with Crippen molar-refractivity contribution in [2.45, 2.75) is 0 Å². The molecule has 0 aliphatic heterocycles. The van der Waals surface area contributed by atoms with Gasteiger partial charge < -0.3 is 9.26 Å². The molecule has 0 bridgehead atoms. The van der Waals surface area contributed by atoms with Gasteiger partial charge in [-0.05, 0) is 6.08 Å². The van der Waals surface area contributed by atoms with Gasteiger partial charge in [0.2, 0.25) is 0 Å². The molecule has 3 nitrogen and oxygen atoms in total. The second-order valence-corrected chi connectivity index (χ2v) is 1.94. The summed E-state index contributed by atoms with van der Waals surface area (Å²) in [6, 6.07) is 0. The van der Waals surface area contributed by atoms with Crippen LogP contribution in [-0.4, -0.2) is 12.3 Å². The quantitative estimate of drug-likeness (QED) is 0.598. The zero-order valence-corrected chi connectivity index (χ0v) is 6.33. The smallest absolute Gasteiger partial charge is 0.163 e. The maximum atomic E-state index is 4.98. The molecule has 0 aromatic carbocycles. The highest BCUT2D eigenvalue weighted by Gasteiger charge is 1.94. The molecule has 0 atom stereocenters. The van der Waals surface area contributed by atoms with Crippen LogP contribution < -0.4 is 10.6 Å². The van der Waals surface area contributed by atoms with Crippen LogP contribution in [0.1, 0.15) is 0 Å². The van der Waals surface area contributed by atoms with Crippen molar-refractivity contribution in [3.8, 4) is 0 Å². The van der Waals surface area contributed by atoms with E-state index in [1.165, 1.54) is 0 Å². The Bertz CT molecular complexity index is 350. The number of nitrogens with zero attached hydrogens (tertiary/aromatic N) is 1. The Morgan fingerprint density at radius 2 is 2.55 bits per heavy atom. The first-order valence-corrected chi connectivity index (χ1v) is 3.10.